The minimum Gasteiger partial charge on any atom is -0.383 e. The van der Waals surface area contributed by atoms with E-state index >= 15 is 0 Å². The zero-order valence-electron chi connectivity index (χ0n) is 11.4. The van der Waals surface area contributed by atoms with E-state index in [-0.39, 0.29) is 11.8 Å². The van der Waals surface area contributed by atoms with E-state index in [0.29, 0.717) is 27.5 Å². The van der Waals surface area contributed by atoms with Gasteiger partial charge in [0.2, 0.25) is 16.0 Å². The summed E-state index contributed by atoms with van der Waals surface area (Å²) in [7, 11) is -3.39. The van der Waals surface area contributed by atoms with Crippen LogP contribution in [0.4, 0.5) is 17.5 Å². The van der Waals surface area contributed by atoms with Gasteiger partial charge in [-0.25, -0.2) is 13.4 Å². The van der Waals surface area contributed by atoms with E-state index in [2.05, 4.69) is 14.7 Å². The van der Waals surface area contributed by atoms with Crippen LogP contribution in [-0.4, -0.2) is 24.6 Å². The van der Waals surface area contributed by atoms with Crippen LogP contribution in [0.25, 0.3) is 11.1 Å². The van der Waals surface area contributed by atoms with E-state index in [1.807, 2.05) is 0 Å². The Kier molecular flexibility index (Phi) is 3.93. The molecule has 21 heavy (non-hydrogen) atoms. The Bertz CT molecular complexity index is 784. The number of benzene rings is 1. The fourth-order valence-corrected chi connectivity index (χ4v) is 2.71. The third-order valence-electron chi connectivity index (χ3n) is 2.67. The lowest BCUT2D eigenvalue weighted by atomic mass is 10.0. The number of nitrogens with one attached hydrogen (secondary N) is 1. The monoisotopic (exact) mass is 327 g/mol. The Morgan fingerprint density at radius 2 is 1.90 bits per heavy atom. The summed E-state index contributed by atoms with van der Waals surface area (Å²) in [5.41, 5.74) is 13.4. The molecular weight excluding hydrogens is 314 g/mol. The third-order valence-corrected chi connectivity index (χ3v) is 3.61. The van der Waals surface area contributed by atoms with Gasteiger partial charge in [-0.1, -0.05) is 11.6 Å². The summed E-state index contributed by atoms with van der Waals surface area (Å²) in [6.45, 7) is 1.72. The molecule has 0 fully saturated rings. The van der Waals surface area contributed by atoms with Crippen molar-refractivity contribution in [3.63, 3.8) is 0 Å². The van der Waals surface area contributed by atoms with E-state index in [4.69, 9.17) is 23.1 Å². The topological polar surface area (TPSA) is 124 Å². The molecule has 1 heterocycles. The quantitative estimate of drug-likeness (QED) is 0.787. The first-order chi connectivity index (χ1) is 9.67. The van der Waals surface area contributed by atoms with E-state index in [1.165, 1.54) is 0 Å². The number of rotatable bonds is 3. The van der Waals surface area contributed by atoms with Gasteiger partial charge in [0.15, 0.2) is 0 Å². The molecule has 0 spiro atoms. The summed E-state index contributed by atoms with van der Waals surface area (Å²) >= 11 is 6.17. The number of hydrogen-bond acceptors (Lipinski definition) is 6. The normalized spacial score (nSPS) is 11.4. The highest BCUT2D eigenvalue weighted by Crippen LogP contribution is 2.35. The van der Waals surface area contributed by atoms with Gasteiger partial charge in [-0.05, 0) is 25.1 Å². The molecule has 0 bridgehead atoms. The molecule has 9 heteroatoms. The fraction of sp³-hybridized carbons (Fsp3) is 0.167. The SMILES string of the molecule is Cc1nc(N)nc(N)c1-c1cc(NS(C)(=O)=O)ccc1Cl. The van der Waals surface area contributed by atoms with Crippen LogP contribution in [0.5, 0.6) is 0 Å². The van der Waals surface area contributed by atoms with Crippen LogP contribution >= 0.6 is 11.6 Å². The highest BCUT2D eigenvalue weighted by molar-refractivity contribution is 7.92. The van der Waals surface area contributed by atoms with Gasteiger partial charge in [0.25, 0.3) is 0 Å². The third kappa shape index (κ3) is 3.53. The maximum absolute atomic E-state index is 11.3. The Morgan fingerprint density at radius 3 is 2.48 bits per heavy atom. The minimum atomic E-state index is -3.39. The highest BCUT2D eigenvalue weighted by atomic mass is 35.5. The Morgan fingerprint density at radius 1 is 1.24 bits per heavy atom. The molecule has 1 aromatic carbocycles. The molecule has 2 aromatic rings. The summed E-state index contributed by atoms with van der Waals surface area (Å²) < 4.78 is 25.0. The molecular formula is C12H14ClN5O2S. The molecule has 0 saturated heterocycles. The fourth-order valence-electron chi connectivity index (χ4n) is 1.94. The molecule has 2 rings (SSSR count). The number of aromatic nitrogens is 2. The van der Waals surface area contributed by atoms with Gasteiger partial charge in [0.05, 0.1) is 11.9 Å². The van der Waals surface area contributed by atoms with Gasteiger partial charge in [-0.15, -0.1) is 0 Å². The van der Waals surface area contributed by atoms with Crippen molar-refractivity contribution in [2.45, 2.75) is 6.92 Å². The van der Waals surface area contributed by atoms with Gasteiger partial charge in [-0.3, -0.25) is 4.72 Å². The smallest absolute Gasteiger partial charge is 0.229 e. The lowest BCUT2D eigenvalue weighted by molar-refractivity contribution is 0.607. The van der Waals surface area contributed by atoms with Crippen molar-refractivity contribution in [2.24, 2.45) is 0 Å². The maximum Gasteiger partial charge on any atom is 0.229 e. The number of hydrogen-bond donors (Lipinski definition) is 3. The highest BCUT2D eigenvalue weighted by Gasteiger charge is 2.15. The summed E-state index contributed by atoms with van der Waals surface area (Å²) in [6.07, 6.45) is 1.06. The molecule has 5 N–H and O–H groups in total. The second-order valence-corrected chi connectivity index (χ2v) is 6.65. The second kappa shape index (κ2) is 5.38. The average molecular weight is 328 g/mol. The predicted molar refractivity (Wildman–Crippen MR) is 84.5 cm³/mol. The van der Waals surface area contributed by atoms with Crippen molar-refractivity contribution in [1.29, 1.82) is 0 Å². The molecule has 112 valence electrons. The summed E-state index contributed by atoms with van der Waals surface area (Å²) in [4.78, 5) is 7.95. The largest absolute Gasteiger partial charge is 0.383 e. The zero-order valence-corrected chi connectivity index (χ0v) is 13.0. The molecule has 7 nitrogen and oxygen atoms in total. The van der Waals surface area contributed by atoms with E-state index in [1.54, 1.807) is 25.1 Å². The summed E-state index contributed by atoms with van der Waals surface area (Å²) in [6, 6.07) is 4.69. The van der Waals surface area contributed by atoms with Crippen LogP contribution in [0.1, 0.15) is 5.69 Å². The van der Waals surface area contributed by atoms with Crippen molar-refractivity contribution in [3.05, 3.63) is 28.9 Å². The average Bonchev–Trinajstić information content (AvgIpc) is 2.30. The zero-order chi connectivity index (χ0) is 15.8. The number of nitrogens with two attached hydrogens (primary N) is 2. The Hall–Kier alpha value is -2.06. The Labute approximate surface area is 127 Å². The lowest BCUT2D eigenvalue weighted by Gasteiger charge is -2.12. The molecule has 0 unspecified atom stereocenters. The number of nitrogens with zero attached hydrogens (tertiary/aromatic N) is 2. The molecule has 1 aromatic heterocycles. The van der Waals surface area contributed by atoms with Crippen LogP contribution in [0, 0.1) is 6.92 Å². The lowest BCUT2D eigenvalue weighted by Crippen LogP contribution is -2.10. The van der Waals surface area contributed by atoms with Crippen molar-refractivity contribution in [1.82, 2.24) is 9.97 Å². The summed E-state index contributed by atoms with van der Waals surface area (Å²) in [5.74, 6) is 0.244. The van der Waals surface area contributed by atoms with Crippen LogP contribution in [0.2, 0.25) is 5.02 Å². The van der Waals surface area contributed by atoms with Crippen molar-refractivity contribution < 1.29 is 8.42 Å². The van der Waals surface area contributed by atoms with Gasteiger partial charge in [0, 0.05) is 21.8 Å². The minimum absolute atomic E-state index is 0.0651. The van der Waals surface area contributed by atoms with Crippen molar-refractivity contribution in [2.75, 3.05) is 22.4 Å². The molecule has 0 aliphatic rings. The van der Waals surface area contributed by atoms with Gasteiger partial charge < -0.3 is 11.5 Å². The molecule has 0 atom stereocenters. The molecule has 0 radical (unpaired) electrons. The number of anilines is 3. The van der Waals surface area contributed by atoms with E-state index < -0.39 is 10.0 Å². The van der Waals surface area contributed by atoms with Crippen LogP contribution in [0.3, 0.4) is 0 Å². The first-order valence-electron chi connectivity index (χ1n) is 5.84. The van der Waals surface area contributed by atoms with Gasteiger partial charge in [0.1, 0.15) is 5.82 Å². The van der Waals surface area contributed by atoms with Gasteiger partial charge in [-0.2, -0.15) is 4.98 Å². The van der Waals surface area contributed by atoms with Crippen LogP contribution < -0.4 is 16.2 Å². The molecule has 0 amide bonds. The van der Waals surface area contributed by atoms with Gasteiger partial charge >= 0.3 is 0 Å². The van der Waals surface area contributed by atoms with Crippen LogP contribution in [0.15, 0.2) is 18.2 Å². The predicted octanol–water partition coefficient (Wildman–Crippen LogP) is 1.64. The summed E-state index contributed by atoms with van der Waals surface area (Å²) in [5, 5.41) is 0.400. The standard InChI is InChI=1S/C12H14ClN5O2S/c1-6-10(11(14)17-12(15)16-6)8-5-7(3-4-9(8)13)18-21(2,19)20/h3-5,18H,1-2H3,(H4,14,15,16,17). The molecule has 0 saturated carbocycles. The van der Waals surface area contributed by atoms with Crippen molar-refractivity contribution >= 4 is 39.1 Å². The Balaban J connectivity index is 2.62. The number of nitrogen functional groups attached to an aromatic ring is 2. The second-order valence-electron chi connectivity index (χ2n) is 4.50. The maximum atomic E-state index is 11.3. The van der Waals surface area contributed by atoms with E-state index in [9.17, 15) is 8.42 Å². The van der Waals surface area contributed by atoms with Crippen molar-refractivity contribution in [3.8, 4) is 11.1 Å². The molecule has 0 aliphatic carbocycles. The van der Waals surface area contributed by atoms with Crippen LogP contribution in [-0.2, 0) is 10.0 Å². The first kappa shape index (κ1) is 15.3. The number of sulfonamides is 1. The first-order valence-corrected chi connectivity index (χ1v) is 8.11. The van der Waals surface area contributed by atoms with E-state index in [0.717, 1.165) is 6.26 Å². The number of aryl methyl sites for hydroxylation is 1. The number of halogens is 1. The molecule has 0 aliphatic heterocycles.